The Morgan fingerprint density at radius 1 is 1.32 bits per heavy atom. The summed E-state index contributed by atoms with van der Waals surface area (Å²) in [4.78, 5) is 7.61. The van der Waals surface area contributed by atoms with E-state index >= 15 is 0 Å². The molecule has 22 heavy (non-hydrogen) atoms. The molecular weight excluding hydrogens is 310 g/mol. The van der Waals surface area contributed by atoms with Crippen molar-refractivity contribution in [3.63, 3.8) is 0 Å². The van der Waals surface area contributed by atoms with Crippen molar-refractivity contribution in [1.29, 1.82) is 5.26 Å². The Morgan fingerprint density at radius 2 is 2.14 bits per heavy atom. The minimum absolute atomic E-state index is 0.584. The van der Waals surface area contributed by atoms with E-state index in [-0.39, 0.29) is 0 Å². The summed E-state index contributed by atoms with van der Waals surface area (Å²) in [5, 5.41) is 12.4. The monoisotopic (exact) mass is 325 g/mol. The fourth-order valence-electron chi connectivity index (χ4n) is 3.27. The number of nitrogens with zero attached hydrogens (tertiary/aromatic N) is 2. The topological polar surface area (TPSA) is 62.7 Å². The molecule has 0 aromatic carbocycles. The lowest BCUT2D eigenvalue weighted by Crippen LogP contribution is -2.07. The molecule has 0 radical (unpaired) electrons. The number of aryl methyl sites for hydroxylation is 2. The normalized spacial score (nSPS) is 14.0. The summed E-state index contributed by atoms with van der Waals surface area (Å²) in [5.41, 5.74) is 12.0. The van der Waals surface area contributed by atoms with E-state index in [1.807, 2.05) is 0 Å². The molecule has 0 spiro atoms. The molecular formula is C17H15N3S2. The van der Waals surface area contributed by atoms with Crippen LogP contribution in [0.25, 0.3) is 20.7 Å². The van der Waals surface area contributed by atoms with Crippen LogP contribution in [0.1, 0.15) is 34.5 Å². The van der Waals surface area contributed by atoms with Gasteiger partial charge >= 0.3 is 0 Å². The van der Waals surface area contributed by atoms with Crippen LogP contribution in [0.5, 0.6) is 0 Å². The minimum atomic E-state index is 0.584. The molecule has 3 heterocycles. The van der Waals surface area contributed by atoms with Crippen LogP contribution in [0.3, 0.4) is 0 Å². The molecule has 0 unspecified atom stereocenters. The molecule has 3 aromatic heterocycles. The highest BCUT2D eigenvalue weighted by Gasteiger charge is 2.24. The van der Waals surface area contributed by atoms with Gasteiger partial charge in [-0.2, -0.15) is 5.26 Å². The first-order valence-corrected chi connectivity index (χ1v) is 9.08. The Morgan fingerprint density at radius 3 is 2.86 bits per heavy atom. The molecule has 110 valence electrons. The third kappa shape index (κ3) is 1.88. The van der Waals surface area contributed by atoms with E-state index < -0.39 is 0 Å². The van der Waals surface area contributed by atoms with Crippen LogP contribution < -0.4 is 5.73 Å². The van der Waals surface area contributed by atoms with Crippen LogP contribution >= 0.6 is 22.7 Å². The van der Waals surface area contributed by atoms with Crippen LogP contribution in [-0.2, 0) is 12.8 Å². The standard InChI is InChI=1S/C17H15N3S2/c1-9-6-7-21-16(9)13-10-4-2-3-5-11(10)20-17-14(13)15(19)12(8-18)22-17/h6-7H,2-5,19H2,1H3. The zero-order valence-electron chi connectivity index (χ0n) is 12.3. The summed E-state index contributed by atoms with van der Waals surface area (Å²) in [6.07, 6.45) is 4.48. The molecule has 1 aliphatic rings. The molecule has 4 rings (SSSR count). The number of hydrogen-bond donors (Lipinski definition) is 1. The van der Waals surface area contributed by atoms with E-state index in [1.165, 1.54) is 51.4 Å². The van der Waals surface area contributed by atoms with Gasteiger partial charge in [0.1, 0.15) is 15.8 Å². The maximum atomic E-state index is 9.32. The van der Waals surface area contributed by atoms with Gasteiger partial charge < -0.3 is 5.73 Å². The van der Waals surface area contributed by atoms with Crippen molar-refractivity contribution in [2.75, 3.05) is 5.73 Å². The van der Waals surface area contributed by atoms with Crippen molar-refractivity contribution in [1.82, 2.24) is 4.98 Å². The molecule has 0 amide bonds. The van der Waals surface area contributed by atoms with E-state index in [4.69, 9.17) is 10.7 Å². The first kappa shape index (κ1) is 13.7. The minimum Gasteiger partial charge on any atom is -0.396 e. The lowest BCUT2D eigenvalue weighted by molar-refractivity contribution is 0.673. The second kappa shape index (κ2) is 5.08. The second-order valence-electron chi connectivity index (χ2n) is 5.69. The van der Waals surface area contributed by atoms with Gasteiger partial charge in [0, 0.05) is 21.5 Å². The van der Waals surface area contributed by atoms with Crippen LogP contribution in [0.15, 0.2) is 11.4 Å². The number of nitriles is 1. The number of nitrogens with two attached hydrogens (primary N) is 1. The fourth-order valence-corrected chi connectivity index (χ4v) is 5.20. The Balaban J connectivity index is 2.17. The molecule has 3 nitrogen and oxygen atoms in total. The predicted molar refractivity (Wildman–Crippen MR) is 93.4 cm³/mol. The van der Waals surface area contributed by atoms with Gasteiger partial charge in [-0.25, -0.2) is 4.98 Å². The Hall–Kier alpha value is -1.90. The molecule has 0 fully saturated rings. The Bertz CT molecular complexity index is 928. The first-order chi connectivity index (χ1) is 10.7. The van der Waals surface area contributed by atoms with E-state index in [2.05, 4.69) is 24.4 Å². The third-order valence-corrected chi connectivity index (χ3v) is 6.38. The SMILES string of the molecule is Cc1ccsc1-c1c2c(nc3sc(C#N)c(N)c13)CCCC2. The lowest BCUT2D eigenvalue weighted by atomic mass is 9.89. The van der Waals surface area contributed by atoms with Crippen molar-refractivity contribution in [3.8, 4) is 16.5 Å². The maximum absolute atomic E-state index is 9.32. The van der Waals surface area contributed by atoms with Gasteiger partial charge in [-0.15, -0.1) is 22.7 Å². The van der Waals surface area contributed by atoms with Gasteiger partial charge in [0.15, 0.2) is 0 Å². The van der Waals surface area contributed by atoms with Gasteiger partial charge in [0.25, 0.3) is 0 Å². The highest BCUT2D eigenvalue weighted by atomic mass is 32.1. The number of hydrogen-bond acceptors (Lipinski definition) is 5. The van der Waals surface area contributed by atoms with Crippen LogP contribution in [0, 0.1) is 18.3 Å². The van der Waals surface area contributed by atoms with Crippen LogP contribution in [0.4, 0.5) is 5.69 Å². The third-order valence-electron chi connectivity index (χ3n) is 4.34. The largest absolute Gasteiger partial charge is 0.396 e. The van der Waals surface area contributed by atoms with E-state index in [9.17, 15) is 5.26 Å². The molecule has 0 bridgehead atoms. The maximum Gasteiger partial charge on any atom is 0.130 e. The first-order valence-electron chi connectivity index (χ1n) is 7.39. The zero-order valence-corrected chi connectivity index (χ0v) is 13.9. The number of rotatable bonds is 1. The number of fused-ring (bicyclic) bond motifs is 2. The number of pyridine rings is 1. The second-order valence-corrected chi connectivity index (χ2v) is 7.60. The van der Waals surface area contributed by atoms with Gasteiger partial charge in [-0.05, 0) is 55.2 Å². The van der Waals surface area contributed by atoms with Crippen molar-refractivity contribution >= 4 is 38.6 Å². The molecule has 2 N–H and O–H groups in total. The number of thiophene rings is 2. The summed E-state index contributed by atoms with van der Waals surface area (Å²) < 4.78 is 0. The van der Waals surface area contributed by atoms with Gasteiger partial charge in [-0.3, -0.25) is 0 Å². The smallest absolute Gasteiger partial charge is 0.130 e. The lowest BCUT2D eigenvalue weighted by Gasteiger charge is -2.19. The molecule has 0 saturated carbocycles. The molecule has 0 atom stereocenters. The van der Waals surface area contributed by atoms with Gasteiger partial charge in [-0.1, -0.05) is 0 Å². The molecule has 0 saturated heterocycles. The quantitative estimate of drug-likeness (QED) is 0.707. The van der Waals surface area contributed by atoms with Crippen molar-refractivity contribution in [2.24, 2.45) is 0 Å². The molecule has 1 aliphatic carbocycles. The van der Waals surface area contributed by atoms with E-state index in [1.54, 1.807) is 11.3 Å². The van der Waals surface area contributed by atoms with Crippen molar-refractivity contribution < 1.29 is 0 Å². The highest BCUT2D eigenvalue weighted by molar-refractivity contribution is 7.20. The number of nitrogen functional groups attached to an aromatic ring is 1. The highest BCUT2D eigenvalue weighted by Crippen LogP contribution is 2.45. The molecule has 0 aliphatic heterocycles. The summed E-state index contributed by atoms with van der Waals surface area (Å²) in [5.74, 6) is 0. The average molecular weight is 325 g/mol. The Labute approximate surface area is 137 Å². The summed E-state index contributed by atoms with van der Waals surface area (Å²) in [7, 11) is 0. The van der Waals surface area contributed by atoms with Crippen LogP contribution in [0.2, 0.25) is 0 Å². The summed E-state index contributed by atoms with van der Waals surface area (Å²) in [6, 6.07) is 4.37. The molecule has 3 aromatic rings. The van der Waals surface area contributed by atoms with Crippen LogP contribution in [-0.4, -0.2) is 4.98 Å². The summed E-state index contributed by atoms with van der Waals surface area (Å²) >= 11 is 3.18. The molecule has 5 heteroatoms. The zero-order chi connectivity index (χ0) is 15.3. The van der Waals surface area contributed by atoms with E-state index in [0.29, 0.717) is 10.6 Å². The average Bonchev–Trinajstić information content (AvgIpc) is 3.09. The van der Waals surface area contributed by atoms with Gasteiger partial charge in [0.05, 0.1) is 5.69 Å². The number of aromatic nitrogens is 1. The Kier molecular flexibility index (Phi) is 3.17. The predicted octanol–water partition coefficient (Wildman–Crippen LogP) is 4.67. The van der Waals surface area contributed by atoms with Crippen molar-refractivity contribution in [3.05, 3.63) is 33.1 Å². The fraction of sp³-hybridized carbons (Fsp3) is 0.294. The van der Waals surface area contributed by atoms with Crippen molar-refractivity contribution in [2.45, 2.75) is 32.6 Å². The van der Waals surface area contributed by atoms with Gasteiger partial charge in [0.2, 0.25) is 0 Å². The number of anilines is 1. The van der Waals surface area contributed by atoms with E-state index in [0.717, 1.165) is 23.1 Å². The summed E-state index contributed by atoms with van der Waals surface area (Å²) in [6.45, 7) is 2.14.